The molecule has 0 aromatic heterocycles. The molecule has 0 spiro atoms. The summed E-state index contributed by atoms with van der Waals surface area (Å²) in [4.78, 5) is 21.3. The molecule has 3 heteroatoms. The lowest BCUT2D eigenvalue weighted by Gasteiger charge is -2.15. The molecule has 0 radical (unpaired) electrons. The van der Waals surface area contributed by atoms with Crippen LogP contribution in [0.15, 0.2) is 12.2 Å². The molecule has 0 aliphatic heterocycles. The van der Waals surface area contributed by atoms with Gasteiger partial charge in [-0.3, -0.25) is 9.59 Å². The molecule has 0 saturated heterocycles. The fourth-order valence-electron chi connectivity index (χ4n) is 1.35. The van der Waals surface area contributed by atoms with Gasteiger partial charge in [-0.2, -0.15) is 0 Å². The second kappa shape index (κ2) is 8.21. The summed E-state index contributed by atoms with van der Waals surface area (Å²) in [7, 11) is 0. The second-order valence-corrected chi connectivity index (χ2v) is 3.64. The van der Waals surface area contributed by atoms with Crippen LogP contribution in [0.3, 0.4) is 0 Å². The molecule has 1 atom stereocenters. The molecule has 3 nitrogen and oxygen atoms in total. The van der Waals surface area contributed by atoms with E-state index in [0.29, 0.717) is 18.3 Å². The minimum atomic E-state index is -0.433. The molecule has 0 heterocycles. The topological polar surface area (TPSA) is 43.4 Å². The molecule has 0 rings (SSSR count). The van der Waals surface area contributed by atoms with E-state index in [9.17, 15) is 9.59 Å². The van der Waals surface area contributed by atoms with Crippen molar-refractivity contribution in [2.45, 2.75) is 52.1 Å². The Labute approximate surface area is 91.5 Å². The molecule has 0 aliphatic carbocycles. The largest absolute Gasteiger partial charge is 0.458 e. The van der Waals surface area contributed by atoms with Gasteiger partial charge in [-0.15, -0.1) is 0 Å². The number of esters is 1. The van der Waals surface area contributed by atoms with Crippen LogP contribution in [0.25, 0.3) is 0 Å². The third kappa shape index (κ3) is 6.89. The van der Waals surface area contributed by atoms with Crippen molar-refractivity contribution in [3.63, 3.8) is 0 Å². The van der Waals surface area contributed by atoms with Crippen LogP contribution in [0.5, 0.6) is 0 Å². The SMILES string of the molecule is C=C(C=O)C(CCCCCC)OC(C)=O. The van der Waals surface area contributed by atoms with Gasteiger partial charge in [0.25, 0.3) is 0 Å². The Balaban J connectivity index is 3.96. The highest BCUT2D eigenvalue weighted by Crippen LogP contribution is 2.13. The van der Waals surface area contributed by atoms with E-state index >= 15 is 0 Å². The quantitative estimate of drug-likeness (QED) is 0.269. The van der Waals surface area contributed by atoms with E-state index in [1.54, 1.807) is 0 Å². The molecule has 0 amide bonds. The van der Waals surface area contributed by atoms with Crippen molar-refractivity contribution in [3.05, 3.63) is 12.2 Å². The third-order valence-electron chi connectivity index (χ3n) is 2.19. The molecule has 0 aromatic rings. The Hall–Kier alpha value is -1.12. The molecule has 0 saturated carbocycles. The average molecular weight is 212 g/mol. The Kier molecular flexibility index (Phi) is 7.60. The van der Waals surface area contributed by atoms with E-state index in [-0.39, 0.29) is 5.97 Å². The van der Waals surface area contributed by atoms with Crippen LogP contribution >= 0.6 is 0 Å². The molecule has 0 aromatic carbocycles. The molecule has 1 unspecified atom stereocenters. The number of carbonyl (C=O) groups is 2. The number of ether oxygens (including phenoxy) is 1. The lowest BCUT2D eigenvalue weighted by atomic mass is 10.0. The van der Waals surface area contributed by atoms with Crippen molar-refractivity contribution in [1.82, 2.24) is 0 Å². The van der Waals surface area contributed by atoms with Crippen molar-refractivity contribution >= 4 is 12.3 Å². The molecule has 86 valence electrons. The van der Waals surface area contributed by atoms with Gasteiger partial charge in [0.1, 0.15) is 12.4 Å². The third-order valence-corrected chi connectivity index (χ3v) is 2.19. The molecule has 15 heavy (non-hydrogen) atoms. The van der Waals surface area contributed by atoms with Crippen LogP contribution in [0.2, 0.25) is 0 Å². The van der Waals surface area contributed by atoms with Gasteiger partial charge in [0.15, 0.2) is 0 Å². The number of carbonyl (C=O) groups excluding carboxylic acids is 2. The van der Waals surface area contributed by atoms with Crippen molar-refractivity contribution < 1.29 is 14.3 Å². The zero-order valence-electron chi connectivity index (χ0n) is 9.62. The Morgan fingerprint density at radius 3 is 2.53 bits per heavy atom. The van der Waals surface area contributed by atoms with Crippen LogP contribution in [-0.4, -0.2) is 18.4 Å². The van der Waals surface area contributed by atoms with Crippen LogP contribution in [-0.2, 0) is 14.3 Å². The first kappa shape index (κ1) is 13.9. The second-order valence-electron chi connectivity index (χ2n) is 3.64. The maximum Gasteiger partial charge on any atom is 0.303 e. The van der Waals surface area contributed by atoms with Crippen molar-refractivity contribution in [3.8, 4) is 0 Å². The lowest BCUT2D eigenvalue weighted by Crippen LogP contribution is -2.19. The van der Waals surface area contributed by atoms with E-state index < -0.39 is 6.10 Å². The van der Waals surface area contributed by atoms with Crippen molar-refractivity contribution in [2.24, 2.45) is 0 Å². The summed E-state index contributed by atoms with van der Waals surface area (Å²) >= 11 is 0. The molecule has 0 aliphatic rings. The van der Waals surface area contributed by atoms with Gasteiger partial charge in [0.2, 0.25) is 0 Å². The molecule has 0 fully saturated rings. The van der Waals surface area contributed by atoms with Crippen LogP contribution in [0, 0.1) is 0 Å². The smallest absolute Gasteiger partial charge is 0.303 e. The first-order valence-electron chi connectivity index (χ1n) is 5.43. The Morgan fingerprint density at radius 1 is 1.40 bits per heavy atom. The summed E-state index contributed by atoms with van der Waals surface area (Å²) in [5.74, 6) is -0.363. The predicted molar refractivity (Wildman–Crippen MR) is 59.5 cm³/mol. The van der Waals surface area contributed by atoms with Crippen LogP contribution in [0.1, 0.15) is 46.0 Å². The van der Waals surface area contributed by atoms with E-state index in [1.165, 1.54) is 13.3 Å². The highest BCUT2D eigenvalue weighted by Gasteiger charge is 2.14. The summed E-state index contributed by atoms with van der Waals surface area (Å²) in [6.07, 6.45) is 5.30. The molecule has 0 bridgehead atoms. The van der Waals surface area contributed by atoms with Crippen LogP contribution in [0.4, 0.5) is 0 Å². The standard InChI is InChI=1S/C12H20O3/c1-4-5-6-7-8-12(10(2)9-13)15-11(3)14/h9,12H,2,4-8H2,1,3H3. The highest BCUT2D eigenvalue weighted by atomic mass is 16.5. The van der Waals surface area contributed by atoms with E-state index in [1.807, 2.05) is 0 Å². The fraction of sp³-hybridized carbons (Fsp3) is 0.667. The normalized spacial score (nSPS) is 11.9. The predicted octanol–water partition coefficient (Wildman–Crippen LogP) is 2.64. The van der Waals surface area contributed by atoms with Crippen molar-refractivity contribution in [2.75, 3.05) is 0 Å². The number of hydrogen-bond acceptors (Lipinski definition) is 3. The Bertz CT molecular complexity index is 221. The van der Waals surface area contributed by atoms with E-state index in [4.69, 9.17) is 4.74 Å². The summed E-state index contributed by atoms with van der Waals surface area (Å²) in [5.41, 5.74) is 0.349. The number of unbranched alkanes of at least 4 members (excludes halogenated alkanes) is 3. The monoisotopic (exact) mass is 212 g/mol. The molecular weight excluding hydrogens is 192 g/mol. The number of aldehydes is 1. The number of rotatable bonds is 8. The van der Waals surface area contributed by atoms with E-state index in [0.717, 1.165) is 19.3 Å². The summed E-state index contributed by atoms with van der Waals surface area (Å²) in [5, 5.41) is 0. The summed E-state index contributed by atoms with van der Waals surface area (Å²) in [6, 6.07) is 0. The maximum atomic E-state index is 10.8. The van der Waals surface area contributed by atoms with Gasteiger partial charge in [-0.1, -0.05) is 32.8 Å². The van der Waals surface area contributed by atoms with Gasteiger partial charge >= 0.3 is 5.97 Å². The van der Waals surface area contributed by atoms with Crippen LogP contribution < -0.4 is 0 Å². The summed E-state index contributed by atoms with van der Waals surface area (Å²) < 4.78 is 5.01. The van der Waals surface area contributed by atoms with Gasteiger partial charge in [0.05, 0.1) is 0 Å². The van der Waals surface area contributed by atoms with E-state index in [2.05, 4.69) is 13.5 Å². The van der Waals surface area contributed by atoms with Gasteiger partial charge in [-0.05, 0) is 12.8 Å². The van der Waals surface area contributed by atoms with Gasteiger partial charge < -0.3 is 4.74 Å². The molecular formula is C12H20O3. The van der Waals surface area contributed by atoms with Crippen molar-refractivity contribution in [1.29, 1.82) is 0 Å². The molecule has 0 N–H and O–H groups in total. The van der Waals surface area contributed by atoms with Gasteiger partial charge in [0, 0.05) is 12.5 Å². The lowest BCUT2D eigenvalue weighted by molar-refractivity contribution is -0.145. The first-order chi connectivity index (χ1) is 7.11. The zero-order chi connectivity index (χ0) is 11.7. The summed E-state index contributed by atoms with van der Waals surface area (Å²) in [6.45, 7) is 7.06. The fourth-order valence-corrected chi connectivity index (χ4v) is 1.35. The van der Waals surface area contributed by atoms with Gasteiger partial charge in [-0.25, -0.2) is 0 Å². The zero-order valence-corrected chi connectivity index (χ0v) is 9.62. The minimum Gasteiger partial charge on any atom is -0.458 e. The first-order valence-corrected chi connectivity index (χ1v) is 5.43. The highest BCUT2D eigenvalue weighted by molar-refractivity contribution is 5.75. The maximum absolute atomic E-state index is 10.8. The minimum absolute atomic E-state index is 0.349. The average Bonchev–Trinajstić information content (AvgIpc) is 2.21. The number of hydrogen-bond donors (Lipinski definition) is 0. The Morgan fingerprint density at radius 2 is 2.07 bits per heavy atom.